The molecule has 0 bridgehead atoms. The van der Waals surface area contributed by atoms with Crippen molar-refractivity contribution in [3.8, 4) is 0 Å². The summed E-state index contributed by atoms with van der Waals surface area (Å²) in [6.07, 6.45) is 6.05. The number of hydrogen-bond donors (Lipinski definition) is 1. The first kappa shape index (κ1) is 13.1. The molecule has 1 aromatic heterocycles. The van der Waals surface area contributed by atoms with Gasteiger partial charge in [-0.15, -0.1) is 0 Å². The van der Waals surface area contributed by atoms with Gasteiger partial charge in [0, 0.05) is 32.2 Å². The molecule has 0 aromatic carbocycles. The van der Waals surface area contributed by atoms with Crippen LogP contribution in [0.4, 0.5) is 0 Å². The van der Waals surface area contributed by atoms with Crippen LogP contribution in [0, 0.1) is 6.92 Å². The van der Waals surface area contributed by atoms with E-state index in [1.807, 2.05) is 12.4 Å². The Morgan fingerprint density at radius 1 is 1.44 bits per heavy atom. The lowest BCUT2D eigenvalue weighted by Gasteiger charge is -2.15. The SMILES string of the molecule is COCCCCNC(C)c1cnccc1C. The second-order valence-electron chi connectivity index (χ2n) is 4.11. The maximum absolute atomic E-state index is 5.01. The summed E-state index contributed by atoms with van der Waals surface area (Å²) >= 11 is 0. The fraction of sp³-hybridized carbons (Fsp3) is 0.615. The van der Waals surface area contributed by atoms with Crippen molar-refractivity contribution < 1.29 is 4.74 Å². The van der Waals surface area contributed by atoms with Crippen LogP contribution in [0.5, 0.6) is 0 Å². The number of pyridine rings is 1. The van der Waals surface area contributed by atoms with Crippen molar-refractivity contribution in [1.29, 1.82) is 0 Å². The minimum Gasteiger partial charge on any atom is -0.385 e. The normalized spacial score (nSPS) is 12.7. The molecule has 1 unspecified atom stereocenters. The van der Waals surface area contributed by atoms with Crippen LogP contribution >= 0.6 is 0 Å². The number of nitrogens with zero attached hydrogens (tertiary/aromatic N) is 1. The first-order valence-electron chi connectivity index (χ1n) is 5.88. The fourth-order valence-electron chi connectivity index (χ4n) is 1.73. The zero-order chi connectivity index (χ0) is 11.8. The van der Waals surface area contributed by atoms with Gasteiger partial charge in [0.15, 0.2) is 0 Å². The first-order valence-corrected chi connectivity index (χ1v) is 5.88. The van der Waals surface area contributed by atoms with Crippen molar-refractivity contribution in [2.24, 2.45) is 0 Å². The lowest BCUT2D eigenvalue weighted by molar-refractivity contribution is 0.192. The zero-order valence-electron chi connectivity index (χ0n) is 10.5. The van der Waals surface area contributed by atoms with Crippen molar-refractivity contribution in [2.45, 2.75) is 32.7 Å². The van der Waals surface area contributed by atoms with E-state index in [0.717, 1.165) is 26.0 Å². The van der Waals surface area contributed by atoms with Gasteiger partial charge in [-0.05, 0) is 50.4 Å². The summed E-state index contributed by atoms with van der Waals surface area (Å²) in [5.41, 5.74) is 2.58. The van der Waals surface area contributed by atoms with Gasteiger partial charge in [-0.25, -0.2) is 0 Å². The van der Waals surface area contributed by atoms with Gasteiger partial charge in [-0.1, -0.05) is 0 Å². The summed E-state index contributed by atoms with van der Waals surface area (Å²) in [4.78, 5) is 4.16. The Kier molecular flexibility index (Phi) is 6.04. The van der Waals surface area contributed by atoms with Gasteiger partial charge >= 0.3 is 0 Å². The van der Waals surface area contributed by atoms with E-state index in [1.165, 1.54) is 11.1 Å². The zero-order valence-corrected chi connectivity index (χ0v) is 10.5. The Balaban J connectivity index is 2.30. The van der Waals surface area contributed by atoms with Crippen LogP contribution in [-0.2, 0) is 4.74 Å². The Morgan fingerprint density at radius 2 is 2.25 bits per heavy atom. The highest BCUT2D eigenvalue weighted by atomic mass is 16.5. The highest BCUT2D eigenvalue weighted by Crippen LogP contribution is 2.15. The van der Waals surface area contributed by atoms with Gasteiger partial charge in [0.1, 0.15) is 0 Å². The quantitative estimate of drug-likeness (QED) is 0.720. The summed E-state index contributed by atoms with van der Waals surface area (Å²) in [5.74, 6) is 0. The van der Waals surface area contributed by atoms with Crippen LogP contribution in [0.25, 0.3) is 0 Å². The van der Waals surface area contributed by atoms with E-state index in [2.05, 4.69) is 30.2 Å². The number of ether oxygens (including phenoxy) is 1. The number of methoxy groups -OCH3 is 1. The van der Waals surface area contributed by atoms with E-state index in [1.54, 1.807) is 7.11 Å². The third kappa shape index (κ3) is 4.29. The molecular weight excluding hydrogens is 200 g/mol. The number of hydrogen-bond acceptors (Lipinski definition) is 3. The molecule has 0 fully saturated rings. The Hall–Kier alpha value is -0.930. The van der Waals surface area contributed by atoms with Gasteiger partial charge in [0.2, 0.25) is 0 Å². The Morgan fingerprint density at radius 3 is 2.94 bits per heavy atom. The van der Waals surface area contributed by atoms with Gasteiger partial charge in [-0.3, -0.25) is 4.98 Å². The summed E-state index contributed by atoms with van der Waals surface area (Å²) in [5, 5.41) is 3.50. The Labute approximate surface area is 98.2 Å². The average molecular weight is 222 g/mol. The van der Waals surface area contributed by atoms with Gasteiger partial charge < -0.3 is 10.1 Å². The molecule has 0 amide bonds. The molecule has 1 N–H and O–H groups in total. The molecule has 0 spiro atoms. The molecule has 3 nitrogen and oxygen atoms in total. The molecule has 0 saturated heterocycles. The van der Waals surface area contributed by atoms with Crippen LogP contribution in [-0.4, -0.2) is 25.2 Å². The van der Waals surface area contributed by atoms with Gasteiger partial charge in [0.05, 0.1) is 0 Å². The maximum Gasteiger partial charge on any atom is 0.0462 e. The largest absolute Gasteiger partial charge is 0.385 e. The number of rotatable bonds is 7. The van der Waals surface area contributed by atoms with E-state index in [4.69, 9.17) is 4.74 Å². The topological polar surface area (TPSA) is 34.1 Å². The third-order valence-corrected chi connectivity index (χ3v) is 2.77. The molecule has 90 valence electrons. The fourth-order valence-corrected chi connectivity index (χ4v) is 1.73. The molecular formula is C13H22N2O. The van der Waals surface area contributed by atoms with Gasteiger partial charge in [-0.2, -0.15) is 0 Å². The van der Waals surface area contributed by atoms with E-state index in [0.29, 0.717) is 6.04 Å². The van der Waals surface area contributed by atoms with E-state index in [-0.39, 0.29) is 0 Å². The minimum absolute atomic E-state index is 0.372. The van der Waals surface area contributed by atoms with E-state index < -0.39 is 0 Å². The molecule has 1 atom stereocenters. The van der Waals surface area contributed by atoms with Crippen molar-refractivity contribution >= 4 is 0 Å². The standard InChI is InChI=1S/C13H22N2O/c1-11-6-8-14-10-13(11)12(2)15-7-4-5-9-16-3/h6,8,10,12,15H,4-5,7,9H2,1-3H3. The highest BCUT2D eigenvalue weighted by molar-refractivity contribution is 5.24. The molecule has 3 heteroatoms. The number of nitrogens with one attached hydrogen (secondary N) is 1. The number of aryl methyl sites for hydroxylation is 1. The molecule has 0 aliphatic heterocycles. The molecule has 1 heterocycles. The molecule has 1 rings (SSSR count). The molecule has 0 saturated carbocycles. The van der Waals surface area contributed by atoms with Gasteiger partial charge in [0.25, 0.3) is 0 Å². The molecule has 0 aliphatic rings. The number of aromatic nitrogens is 1. The predicted molar refractivity (Wildman–Crippen MR) is 66.5 cm³/mol. The van der Waals surface area contributed by atoms with E-state index in [9.17, 15) is 0 Å². The predicted octanol–water partition coefficient (Wildman–Crippen LogP) is 2.47. The Bertz CT molecular complexity index is 302. The summed E-state index contributed by atoms with van der Waals surface area (Å²) in [6, 6.07) is 2.43. The molecule has 16 heavy (non-hydrogen) atoms. The third-order valence-electron chi connectivity index (χ3n) is 2.77. The van der Waals surface area contributed by atoms with Crippen LogP contribution in [0.3, 0.4) is 0 Å². The molecule has 1 aromatic rings. The lowest BCUT2D eigenvalue weighted by Crippen LogP contribution is -2.21. The average Bonchev–Trinajstić information content (AvgIpc) is 2.29. The minimum atomic E-state index is 0.372. The van der Waals surface area contributed by atoms with E-state index >= 15 is 0 Å². The summed E-state index contributed by atoms with van der Waals surface area (Å²) in [6.45, 7) is 6.18. The molecule has 0 radical (unpaired) electrons. The second kappa shape index (κ2) is 7.36. The van der Waals surface area contributed by atoms with Crippen LogP contribution < -0.4 is 5.32 Å². The first-order chi connectivity index (χ1) is 7.75. The van der Waals surface area contributed by atoms with Crippen molar-refractivity contribution in [3.63, 3.8) is 0 Å². The highest BCUT2D eigenvalue weighted by Gasteiger charge is 2.06. The summed E-state index contributed by atoms with van der Waals surface area (Å²) in [7, 11) is 1.75. The van der Waals surface area contributed by atoms with Crippen molar-refractivity contribution in [1.82, 2.24) is 10.3 Å². The molecule has 0 aliphatic carbocycles. The second-order valence-corrected chi connectivity index (χ2v) is 4.11. The number of unbranched alkanes of at least 4 members (excludes halogenated alkanes) is 1. The smallest absolute Gasteiger partial charge is 0.0462 e. The summed E-state index contributed by atoms with van der Waals surface area (Å²) < 4.78 is 5.01. The monoisotopic (exact) mass is 222 g/mol. The maximum atomic E-state index is 5.01. The van der Waals surface area contributed by atoms with Crippen LogP contribution in [0.2, 0.25) is 0 Å². The van der Waals surface area contributed by atoms with Crippen LogP contribution in [0.15, 0.2) is 18.5 Å². The van der Waals surface area contributed by atoms with Crippen molar-refractivity contribution in [2.75, 3.05) is 20.3 Å². The van der Waals surface area contributed by atoms with Crippen LogP contribution in [0.1, 0.15) is 36.9 Å². The van der Waals surface area contributed by atoms with Crippen molar-refractivity contribution in [3.05, 3.63) is 29.6 Å². The lowest BCUT2D eigenvalue weighted by atomic mass is 10.1.